The van der Waals surface area contributed by atoms with Crippen molar-refractivity contribution in [2.45, 2.75) is 6.42 Å². The molecule has 0 aliphatic heterocycles. The first-order valence-electron chi connectivity index (χ1n) is 3.25. The molecule has 2 nitrogen and oxygen atoms in total. The van der Waals surface area contributed by atoms with E-state index >= 15 is 0 Å². The number of nitriles is 1. The van der Waals surface area contributed by atoms with Crippen molar-refractivity contribution >= 4 is 33.2 Å². The molecule has 2 N–H and O–H groups in total. The molecule has 0 saturated carbocycles. The van der Waals surface area contributed by atoms with Gasteiger partial charge in [-0.15, -0.1) is 0 Å². The third kappa shape index (κ3) is 1.90. The summed E-state index contributed by atoms with van der Waals surface area (Å²) in [5.74, 6) is 0. The molecule has 0 spiro atoms. The number of nitrogens with two attached hydrogens (primary N) is 1. The molecule has 62 valence electrons. The van der Waals surface area contributed by atoms with Gasteiger partial charge < -0.3 is 5.73 Å². The molecule has 0 aliphatic carbocycles. The Morgan fingerprint density at radius 1 is 1.58 bits per heavy atom. The van der Waals surface area contributed by atoms with Gasteiger partial charge in [0.05, 0.1) is 23.2 Å². The van der Waals surface area contributed by atoms with Crippen LogP contribution in [-0.2, 0) is 6.42 Å². The minimum absolute atomic E-state index is 0.335. The first kappa shape index (κ1) is 9.37. The second-order valence-electron chi connectivity index (χ2n) is 2.30. The number of nitrogen functional groups attached to an aromatic ring is 1. The molecular weight excluding hydrogens is 239 g/mol. The van der Waals surface area contributed by atoms with Crippen molar-refractivity contribution < 1.29 is 0 Å². The lowest BCUT2D eigenvalue weighted by atomic mass is 10.1. The van der Waals surface area contributed by atoms with E-state index < -0.39 is 0 Å². The van der Waals surface area contributed by atoms with Gasteiger partial charge in [0.15, 0.2) is 0 Å². The zero-order chi connectivity index (χ0) is 9.14. The molecule has 1 aromatic carbocycles. The Bertz CT molecular complexity index is 344. The molecule has 1 rings (SSSR count). The highest BCUT2D eigenvalue weighted by molar-refractivity contribution is 9.10. The molecule has 0 bridgehead atoms. The topological polar surface area (TPSA) is 49.8 Å². The average molecular weight is 246 g/mol. The summed E-state index contributed by atoms with van der Waals surface area (Å²) in [5, 5.41) is 8.96. The maximum absolute atomic E-state index is 8.46. The van der Waals surface area contributed by atoms with Gasteiger partial charge in [0.25, 0.3) is 0 Å². The summed E-state index contributed by atoms with van der Waals surface area (Å²) < 4.78 is 0.822. The number of benzene rings is 1. The first-order chi connectivity index (χ1) is 5.65. The van der Waals surface area contributed by atoms with Gasteiger partial charge in [-0.25, -0.2) is 0 Å². The van der Waals surface area contributed by atoms with Crippen LogP contribution >= 0.6 is 27.5 Å². The van der Waals surface area contributed by atoms with Crippen LogP contribution in [0.1, 0.15) is 5.56 Å². The number of hydrogen-bond donors (Lipinski definition) is 1. The average Bonchev–Trinajstić information content (AvgIpc) is 2.01. The number of hydrogen-bond acceptors (Lipinski definition) is 2. The zero-order valence-electron chi connectivity index (χ0n) is 6.14. The Kier molecular flexibility index (Phi) is 2.96. The predicted molar refractivity (Wildman–Crippen MR) is 52.9 cm³/mol. The molecule has 4 heteroatoms. The van der Waals surface area contributed by atoms with Crippen LogP contribution in [0.15, 0.2) is 16.6 Å². The lowest BCUT2D eigenvalue weighted by molar-refractivity contribution is 1.25. The number of halogens is 2. The molecule has 0 amide bonds. The SMILES string of the molecule is N#CCc1cc(N)c(Cl)cc1Br. The van der Waals surface area contributed by atoms with E-state index in [1.807, 2.05) is 6.07 Å². The molecule has 0 saturated heterocycles. The highest BCUT2D eigenvalue weighted by Crippen LogP contribution is 2.27. The van der Waals surface area contributed by atoms with Crippen molar-refractivity contribution in [2.24, 2.45) is 0 Å². The van der Waals surface area contributed by atoms with Crippen molar-refractivity contribution in [3.8, 4) is 6.07 Å². The van der Waals surface area contributed by atoms with Gasteiger partial charge in [-0.1, -0.05) is 27.5 Å². The summed E-state index contributed by atoms with van der Waals surface area (Å²) >= 11 is 9.04. The monoisotopic (exact) mass is 244 g/mol. The van der Waals surface area contributed by atoms with Crippen LogP contribution in [0.2, 0.25) is 5.02 Å². The summed E-state index contributed by atoms with van der Waals surface area (Å²) in [7, 11) is 0. The van der Waals surface area contributed by atoms with Crippen molar-refractivity contribution in [1.82, 2.24) is 0 Å². The van der Waals surface area contributed by atoms with E-state index in [1.54, 1.807) is 12.1 Å². The highest BCUT2D eigenvalue weighted by Gasteiger charge is 2.03. The third-order valence-electron chi connectivity index (χ3n) is 1.44. The summed E-state index contributed by atoms with van der Waals surface area (Å²) in [6.45, 7) is 0. The fraction of sp³-hybridized carbons (Fsp3) is 0.125. The molecule has 0 aliphatic rings. The van der Waals surface area contributed by atoms with E-state index in [0.717, 1.165) is 10.0 Å². The van der Waals surface area contributed by atoms with Gasteiger partial charge in [-0.05, 0) is 17.7 Å². The van der Waals surface area contributed by atoms with Gasteiger partial charge in [0.1, 0.15) is 0 Å². The lowest BCUT2D eigenvalue weighted by Crippen LogP contribution is -1.91. The molecule has 12 heavy (non-hydrogen) atoms. The number of rotatable bonds is 1. The molecular formula is C8H6BrClN2. The van der Waals surface area contributed by atoms with Crippen LogP contribution in [0.3, 0.4) is 0 Å². The smallest absolute Gasteiger partial charge is 0.0670 e. The largest absolute Gasteiger partial charge is 0.398 e. The number of anilines is 1. The molecule has 0 unspecified atom stereocenters. The second-order valence-corrected chi connectivity index (χ2v) is 3.56. The molecule has 0 heterocycles. The molecule has 0 fully saturated rings. The van der Waals surface area contributed by atoms with E-state index in [1.165, 1.54) is 0 Å². The van der Waals surface area contributed by atoms with E-state index in [2.05, 4.69) is 15.9 Å². The van der Waals surface area contributed by atoms with Gasteiger partial charge in [0.2, 0.25) is 0 Å². The normalized spacial score (nSPS) is 9.42. The standard InChI is InChI=1S/C8H6BrClN2/c9-6-4-7(10)8(12)3-5(6)1-2-11/h3-4H,1,12H2. The van der Waals surface area contributed by atoms with Crippen LogP contribution in [0, 0.1) is 11.3 Å². The van der Waals surface area contributed by atoms with E-state index in [4.69, 9.17) is 22.6 Å². The van der Waals surface area contributed by atoms with Crippen molar-refractivity contribution in [1.29, 1.82) is 5.26 Å². The van der Waals surface area contributed by atoms with Crippen molar-refractivity contribution in [3.63, 3.8) is 0 Å². The van der Waals surface area contributed by atoms with Crippen LogP contribution in [0.5, 0.6) is 0 Å². The summed E-state index contributed by atoms with van der Waals surface area (Å²) in [6.07, 6.45) is 0.335. The molecule has 1 aromatic rings. The Labute approximate surface area is 84.1 Å². The van der Waals surface area contributed by atoms with E-state index in [-0.39, 0.29) is 0 Å². The quantitative estimate of drug-likeness (QED) is 0.774. The fourth-order valence-electron chi connectivity index (χ4n) is 0.834. The Balaban J connectivity index is 3.16. The van der Waals surface area contributed by atoms with E-state index in [9.17, 15) is 0 Å². The molecule has 0 aromatic heterocycles. The van der Waals surface area contributed by atoms with Gasteiger partial charge in [0, 0.05) is 4.47 Å². The highest BCUT2D eigenvalue weighted by atomic mass is 79.9. The first-order valence-corrected chi connectivity index (χ1v) is 4.42. The Morgan fingerprint density at radius 3 is 2.83 bits per heavy atom. The maximum Gasteiger partial charge on any atom is 0.0670 e. The molecule has 0 radical (unpaired) electrons. The van der Waals surface area contributed by atoms with Crippen LogP contribution in [0.4, 0.5) is 5.69 Å². The summed E-state index contributed by atoms with van der Waals surface area (Å²) in [5.41, 5.74) is 6.92. The maximum atomic E-state index is 8.46. The lowest BCUT2D eigenvalue weighted by Gasteiger charge is -2.03. The Hall–Kier alpha value is -0.720. The van der Waals surface area contributed by atoms with Crippen LogP contribution in [0.25, 0.3) is 0 Å². The summed E-state index contributed by atoms with van der Waals surface area (Å²) in [4.78, 5) is 0. The molecule has 0 atom stereocenters. The number of nitrogens with zero attached hydrogens (tertiary/aromatic N) is 1. The van der Waals surface area contributed by atoms with Crippen LogP contribution < -0.4 is 5.73 Å². The minimum atomic E-state index is 0.335. The van der Waals surface area contributed by atoms with Gasteiger partial charge >= 0.3 is 0 Å². The predicted octanol–water partition coefficient (Wildman–Crippen LogP) is 2.75. The van der Waals surface area contributed by atoms with E-state index in [0.29, 0.717) is 17.1 Å². The minimum Gasteiger partial charge on any atom is -0.398 e. The Morgan fingerprint density at radius 2 is 2.25 bits per heavy atom. The van der Waals surface area contributed by atoms with Crippen molar-refractivity contribution in [3.05, 3.63) is 27.2 Å². The summed E-state index contributed by atoms with van der Waals surface area (Å²) in [6, 6.07) is 5.44. The van der Waals surface area contributed by atoms with Crippen LogP contribution in [-0.4, -0.2) is 0 Å². The van der Waals surface area contributed by atoms with Crippen molar-refractivity contribution in [2.75, 3.05) is 5.73 Å². The third-order valence-corrected chi connectivity index (χ3v) is 2.50. The van der Waals surface area contributed by atoms with Gasteiger partial charge in [-0.3, -0.25) is 0 Å². The second kappa shape index (κ2) is 3.79. The fourth-order valence-corrected chi connectivity index (χ4v) is 1.61. The van der Waals surface area contributed by atoms with Gasteiger partial charge in [-0.2, -0.15) is 5.26 Å². The zero-order valence-corrected chi connectivity index (χ0v) is 8.48.